The van der Waals surface area contributed by atoms with E-state index >= 15 is 0 Å². The van der Waals surface area contributed by atoms with Crippen LogP contribution in [0.25, 0.3) is 11.0 Å². The Kier molecular flexibility index (Phi) is 4.63. The van der Waals surface area contributed by atoms with Gasteiger partial charge in [0.05, 0.1) is 10.9 Å². The first-order valence-corrected chi connectivity index (χ1v) is 9.26. The van der Waals surface area contributed by atoms with Gasteiger partial charge in [-0.05, 0) is 36.2 Å². The molecule has 0 unspecified atom stereocenters. The summed E-state index contributed by atoms with van der Waals surface area (Å²) in [6, 6.07) is 6.70. The Morgan fingerprint density at radius 3 is 2.93 bits per heavy atom. The standard InChI is InChI=1S/C19H12ClFN2O3S/c1-10-13-3-2-12(25-16-8-27-9-23-16)7-15(13)26-19(24)14(10)6-11-4-5-22-18(20)17(11)21/h2-5,7-9H,6H2,1H3. The molecule has 4 aromatic rings. The predicted molar refractivity (Wildman–Crippen MR) is 101 cm³/mol. The van der Waals surface area contributed by atoms with Gasteiger partial charge in [-0.15, -0.1) is 11.3 Å². The van der Waals surface area contributed by atoms with Crippen LogP contribution in [-0.4, -0.2) is 9.97 Å². The number of ether oxygens (including phenoxy) is 1. The number of pyridine rings is 1. The van der Waals surface area contributed by atoms with Crippen molar-refractivity contribution in [3.05, 3.63) is 79.4 Å². The van der Waals surface area contributed by atoms with Crippen LogP contribution in [0.3, 0.4) is 0 Å². The zero-order valence-electron chi connectivity index (χ0n) is 14.0. The van der Waals surface area contributed by atoms with E-state index in [4.69, 9.17) is 20.8 Å². The Morgan fingerprint density at radius 1 is 1.30 bits per heavy atom. The molecule has 0 amide bonds. The van der Waals surface area contributed by atoms with Crippen LogP contribution in [0.1, 0.15) is 16.7 Å². The summed E-state index contributed by atoms with van der Waals surface area (Å²) in [6.07, 6.45) is 1.47. The van der Waals surface area contributed by atoms with Gasteiger partial charge in [-0.3, -0.25) is 0 Å². The van der Waals surface area contributed by atoms with Gasteiger partial charge in [0.2, 0.25) is 5.88 Å². The topological polar surface area (TPSA) is 65.2 Å². The van der Waals surface area contributed by atoms with Gasteiger partial charge in [-0.2, -0.15) is 0 Å². The van der Waals surface area contributed by atoms with E-state index in [0.29, 0.717) is 28.3 Å². The van der Waals surface area contributed by atoms with Crippen LogP contribution >= 0.6 is 22.9 Å². The fourth-order valence-electron chi connectivity index (χ4n) is 2.80. The fourth-order valence-corrected chi connectivity index (χ4v) is 3.43. The number of thiazole rings is 1. The van der Waals surface area contributed by atoms with Crippen molar-refractivity contribution in [1.29, 1.82) is 0 Å². The van der Waals surface area contributed by atoms with Gasteiger partial charge in [-0.1, -0.05) is 11.6 Å². The molecule has 3 aromatic heterocycles. The number of aryl methyl sites for hydroxylation is 1. The van der Waals surface area contributed by atoms with Crippen LogP contribution in [0, 0.1) is 12.7 Å². The van der Waals surface area contributed by atoms with Crippen molar-refractivity contribution in [1.82, 2.24) is 9.97 Å². The van der Waals surface area contributed by atoms with Crippen molar-refractivity contribution in [3.63, 3.8) is 0 Å². The van der Waals surface area contributed by atoms with E-state index in [1.54, 1.807) is 36.0 Å². The zero-order chi connectivity index (χ0) is 19.0. The lowest BCUT2D eigenvalue weighted by atomic mass is 10.00. The normalized spacial score (nSPS) is 11.1. The van der Waals surface area contributed by atoms with Crippen LogP contribution in [-0.2, 0) is 6.42 Å². The van der Waals surface area contributed by atoms with Crippen molar-refractivity contribution in [2.24, 2.45) is 0 Å². The lowest BCUT2D eigenvalue weighted by molar-refractivity contribution is 0.464. The van der Waals surface area contributed by atoms with Crippen molar-refractivity contribution >= 4 is 33.9 Å². The summed E-state index contributed by atoms with van der Waals surface area (Å²) in [7, 11) is 0. The average molecular weight is 403 g/mol. The molecule has 5 nitrogen and oxygen atoms in total. The highest BCUT2D eigenvalue weighted by Crippen LogP contribution is 2.28. The van der Waals surface area contributed by atoms with Crippen LogP contribution in [0.4, 0.5) is 4.39 Å². The molecule has 0 bridgehead atoms. The maximum absolute atomic E-state index is 14.1. The molecular weight excluding hydrogens is 391 g/mol. The van der Waals surface area contributed by atoms with Gasteiger partial charge in [0, 0.05) is 29.6 Å². The molecule has 8 heteroatoms. The molecule has 136 valence electrons. The maximum Gasteiger partial charge on any atom is 0.340 e. The molecule has 0 aliphatic carbocycles. The maximum atomic E-state index is 14.1. The zero-order valence-corrected chi connectivity index (χ0v) is 15.6. The number of rotatable bonds is 4. The summed E-state index contributed by atoms with van der Waals surface area (Å²) in [5.41, 5.74) is 2.90. The lowest BCUT2D eigenvalue weighted by Crippen LogP contribution is -2.12. The Balaban J connectivity index is 1.75. The van der Waals surface area contributed by atoms with Crippen molar-refractivity contribution in [3.8, 4) is 11.6 Å². The number of benzene rings is 1. The highest BCUT2D eigenvalue weighted by Gasteiger charge is 2.16. The van der Waals surface area contributed by atoms with E-state index in [0.717, 1.165) is 5.39 Å². The first kappa shape index (κ1) is 17.6. The molecule has 27 heavy (non-hydrogen) atoms. The molecule has 0 atom stereocenters. The summed E-state index contributed by atoms with van der Waals surface area (Å²) in [5.74, 6) is 0.348. The molecule has 0 aliphatic heterocycles. The number of hydrogen-bond donors (Lipinski definition) is 0. The first-order valence-electron chi connectivity index (χ1n) is 7.94. The molecule has 3 heterocycles. The Morgan fingerprint density at radius 2 is 2.15 bits per heavy atom. The molecule has 0 aliphatic rings. The van der Waals surface area contributed by atoms with Gasteiger partial charge < -0.3 is 9.15 Å². The lowest BCUT2D eigenvalue weighted by Gasteiger charge is -2.10. The molecule has 0 saturated heterocycles. The molecule has 1 aromatic carbocycles. The number of fused-ring (bicyclic) bond motifs is 1. The third kappa shape index (κ3) is 3.43. The highest BCUT2D eigenvalue weighted by molar-refractivity contribution is 7.07. The predicted octanol–water partition coefficient (Wildman–Crippen LogP) is 5.13. The fraction of sp³-hybridized carbons (Fsp3) is 0.105. The minimum atomic E-state index is -0.634. The molecule has 0 saturated carbocycles. The van der Waals surface area contributed by atoms with Gasteiger partial charge in [0.15, 0.2) is 11.0 Å². The SMILES string of the molecule is Cc1c(Cc2ccnc(Cl)c2F)c(=O)oc2cc(Oc3cscn3)ccc12. The average Bonchev–Trinajstić information content (AvgIpc) is 3.15. The summed E-state index contributed by atoms with van der Waals surface area (Å²) in [6.45, 7) is 1.80. The summed E-state index contributed by atoms with van der Waals surface area (Å²) in [5, 5.41) is 2.29. The molecule has 0 spiro atoms. The second kappa shape index (κ2) is 7.09. The van der Waals surface area contributed by atoms with Crippen LogP contribution in [0.5, 0.6) is 11.6 Å². The van der Waals surface area contributed by atoms with Gasteiger partial charge in [0.1, 0.15) is 11.3 Å². The minimum Gasteiger partial charge on any atom is -0.438 e. The van der Waals surface area contributed by atoms with E-state index < -0.39 is 11.4 Å². The molecule has 0 N–H and O–H groups in total. The quantitative estimate of drug-likeness (QED) is 0.350. The van der Waals surface area contributed by atoms with Crippen LogP contribution < -0.4 is 10.4 Å². The van der Waals surface area contributed by atoms with E-state index in [1.165, 1.54) is 23.6 Å². The molecule has 0 fully saturated rings. The second-order valence-electron chi connectivity index (χ2n) is 5.83. The van der Waals surface area contributed by atoms with E-state index in [1.807, 2.05) is 0 Å². The number of halogens is 2. The summed E-state index contributed by atoms with van der Waals surface area (Å²) >= 11 is 7.14. The minimum absolute atomic E-state index is 0.0647. The molecular formula is C19H12ClFN2O3S. The summed E-state index contributed by atoms with van der Waals surface area (Å²) < 4.78 is 25.2. The third-order valence-electron chi connectivity index (χ3n) is 4.18. The molecule has 4 rings (SSSR count). The van der Waals surface area contributed by atoms with Crippen molar-refractivity contribution in [2.75, 3.05) is 0 Å². The smallest absolute Gasteiger partial charge is 0.340 e. The van der Waals surface area contributed by atoms with E-state index in [2.05, 4.69) is 9.97 Å². The Labute approximate surface area is 162 Å². The van der Waals surface area contributed by atoms with Crippen LogP contribution in [0.15, 0.2) is 50.6 Å². The number of nitrogens with zero attached hydrogens (tertiary/aromatic N) is 2. The largest absolute Gasteiger partial charge is 0.438 e. The monoisotopic (exact) mass is 402 g/mol. The second-order valence-corrected chi connectivity index (χ2v) is 6.91. The van der Waals surface area contributed by atoms with Crippen LogP contribution in [0.2, 0.25) is 5.15 Å². The highest BCUT2D eigenvalue weighted by atomic mass is 35.5. The van der Waals surface area contributed by atoms with Crippen molar-refractivity contribution < 1.29 is 13.5 Å². The molecule has 0 radical (unpaired) electrons. The Bertz CT molecular complexity index is 1190. The Hall–Kier alpha value is -2.77. The summed E-state index contributed by atoms with van der Waals surface area (Å²) in [4.78, 5) is 20.2. The first-order chi connectivity index (χ1) is 13.0. The van der Waals surface area contributed by atoms with Gasteiger partial charge in [0.25, 0.3) is 0 Å². The number of aromatic nitrogens is 2. The van der Waals surface area contributed by atoms with Gasteiger partial charge >= 0.3 is 5.63 Å². The van der Waals surface area contributed by atoms with E-state index in [-0.39, 0.29) is 17.1 Å². The van der Waals surface area contributed by atoms with Gasteiger partial charge in [-0.25, -0.2) is 19.2 Å². The van der Waals surface area contributed by atoms with E-state index in [9.17, 15) is 9.18 Å². The van der Waals surface area contributed by atoms with Crippen molar-refractivity contribution in [2.45, 2.75) is 13.3 Å². The number of hydrogen-bond acceptors (Lipinski definition) is 6. The third-order valence-corrected chi connectivity index (χ3v) is 5.01.